The van der Waals surface area contributed by atoms with Crippen molar-refractivity contribution in [3.63, 3.8) is 0 Å². The van der Waals surface area contributed by atoms with Crippen molar-refractivity contribution in [3.8, 4) is 11.4 Å². The van der Waals surface area contributed by atoms with Crippen LogP contribution in [0.2, 0.25) is 0 Å². The summed E-state index contributed by atoms with van der Waals surface area (Å²) < 4.78 is 5.05. The molecule has 0 aliphatic rings. The molecule has 2 aromatic heterocycles. The van der Waals surface area contributed by atoms with E-state index in [0.717, 1.165) is 6.07 Å². The number of hydrogen-bond acceptors (Lipinski definition) is 4. The first-order valence-electron chi connectivity index (χ1n) is 4.47. The van der Waals surface area contributed by atoms with Crippen molar-refractivity contribution < 1.29 is 14.3 Å². The quantitative estimate of drug-likeness (QED) is 0.788. The van der Waals surface area contributed by atoms with E-state index < -0.39 is 11.5 Å². The monoisotopic (exact) mass is 220 g/mol. The molecule has 82 valence electrons. The highest BCUT2D eigenvalue weighted by molar-refractivity contribution is 5.85. The average molecular weight is 220 g/mol. The molecular formula is C10H8N2O4. The molecular weight excluding hydrogens is 212 g/mol. The number of aromatic carboxylic acids is 1. The minimum atomic E-state index is -1.24. The largest absolute Gasteiger partial charge is 0.477 e. The molecule has 0 amide bonds. The maximum atomic E-state index is 11.2. The van der Waals surface area contributed by atoms with Crippen LogP contribution in [0.4, 0.5) is 0 Å². The molecule has 0 radical (unpaired) electrons. The van der Waals surface area contributed by atoms with Crippen molar-refractivity contribution in [1.82, 2.24) is 9.97 Å². The fourth-order valence-electron chi connectivity index (χ4n) is 1.33. The van der Waals surface area contributed by atoms with E-state index in [4.69, 9.17) is 9.52 Å². The fourth-order valence-corrected chi connectivity index (χ4v) is 1.33. The van der Waals surface area contributed by atoms with Crippen molar-refractivity contribution in [2.45, 2.75) is 6.92 Å². The Hall–Kier alpha value is -2.37. The van der Waals surface area contributed by atoms with Crippen molar-refractivity contribution >= 4 is 5.97 Å². The molecule has 2 heterocycles. The van der Waals surface area contributed by atoms with Gasteiger partial charge in [-0.3, -0.25) is 4.79 Å². The number of nitrogens with zero attached hydrogens (tertiary/aromatic N) is 1. The van der Waals surface area contributed by atoms with Gasteiger partial charge in [-0.25, -0.2) is 9.78 Å². The third kappa shape index (κ3) is 1.72. The van der Waals surface area contributed by atoms with Gasteiger partial charge in [0.1, 0.15) is 11.6 Å². The molecule has 0 aromatic carbocycles. The molecule has 0 unspecified atom stereocenters. The minimum absolute atomic E-state index is 0.191. The van der Waals surface area contributed by atoms with Crippen molar-refractivity contribution in [2.24, 2.45) is 0 Å². The summed E-state index contributed by atoms with van der Waals surface area (Å²) in [6.07, 6.45) is 1.44. The lowest BCUT2D eigenvalue weighted by atomic mass is 10.2. The lowest BCUT2D eigenvalue weighted by Crippen LogP contribution is -2.13. The highest BCUT2D eigenvalue weighted by Crippen LogP contribution is 2.19. The number of aromatic nitrogens is 2. The Morgan fingerprint density at radius 3 is 2.88 bits per heavy atom. The number of H-pyrrole nitrogens is 1. The first-order valence-corrected chi connectivity index (χ1v) is 4.47. The van der Waals surface area contributed by atoms with E-state index in [1.165, 1.54) is 6.26 Å². The van der Waals surface area contributed by atoms with Gasteiger partial charge in [-0.2, -0.15) is 0 Å². The summed E-state index contributed by atoms with van der Waals surface area (Å²) in [6, 6.07) is 2.54. The van der Waals surface area contributed by atoms with Crippen LogP contribution in [0, 0.1) is 6.92 Å². The number of carboxylic acid groups (broad SMARTS) is 1. The van der Waals surface area contributed by atoms with Gasteiger partial charge in [-0.1, -0.05) is 0 Å². The van der Waals surface area contributed by atoms with Crippen LogP contribution < -0.4 is 5.56 Å². The summed E-state index contributed by atoms with van der Waals surface area (Å²) in [5.41, 5.74) is -0.234. The van der Waals surface area contributed by atoms with Gasteiger partial charge in [0.05, 0.1) is 11.8 Å². The standard InChI is InChI=1S/C10H8N2O4/c1-5-6(2-3-16-5)9-11-7(10(14)15)4-8(13)12-9/h2-4H,1H3,(H,14,15)(H,11,12,13). The van der Waals surface area contributed by atoms with E-state index in [9.17, 15) is 9.59 Å². The van der Waals surface area contributed by atoms with Crippen LogP contribution in [-0.4, -0.2) is 21.0 Å². The molecule has 0 atom stereocenters. The number of aromatic amines is 1. The molecule has 2 rings (SSSR count). The second-order valence-corrected chi connectivity index (χ2v) is 3.17. The molecule has 16 heavy (non-hydrogen) atoms. The summed E-state index contributed by atoms with van der Waals surface area (Å²) in [5.74, 6) is -0.490. The maximum Gasteiger partial charge on any atom is 0.354 e. The minimum Gasteiger partial charge on any atom is -0.477 e. The summed E-state index contributed by atoms with van der Waals surface area (Å²) in [6.45, 7) is 1.70. The van der Waals surface area contributed by atoms with Crippen molar-refractivity contribution in [1.29, 1.82) is 0 Å². The zero-order chi connectivity index (χ0) is 11.7. The van der Waals surface area contributed by atoms with Gasteiger partial charge in [0, 0.05) is 6.07 Å². The number of aryl methyl sites for hydroxylation is 1. The molecule has 0 bridgehead atoms. The molecule has 2 N–H and O–H groups in total. The van der Waals surface area contributed by atoms with Gasteiger partial charge in [0.25, 0.3) is 5.56 Å². The van der Waals surface area contributed by atoms with Gasteiger partial charge >= 0.3 is 5.97 Å². The lowest BCUT2D eigenvalue weighted by Gasteiger charge is -1.99. The topological polar surface area (TPSA) is 96.2 Å². The zero-order valence-electron chi connectivity index (χ0n) is 8.35. The number of hydrogen-bond donors (Lipinski definition) is 2. The van der Waals surface area contributed by atoms with Gasteiger partial charge in [-0.15, -0.1) is 0 Å². The first kappa shape index (κ1) is 10.2. The number of furan rings is 1. The van der Waals surface area contributed by atoms with Gasteiger partial charge in [0.15, 0.2) is 5.69 Å². The first-order chi connectivity index (χ1) is 7.58. The summed E-state index contributed by atoms with van der Waals surface area (Å²) in [7, 11) is 0. The smallest absolute Gasteiger partial charge is 0.354 e. The molecule has 0 aliphatic heterocycles. The predicted octanol–water partition coefficient (Wildman–Crippen LogP) is 1.04. The van der Waals surface area contributed by atoms with E-state index in [1.807, 2.05) is 0 Å². The van der Waals surface area contributed by atoms with Gasteiger partial charge < -0.3 is 14.5 Å². The Morgan fingerprint density at radius 1 is 1.56 bits per heavy atom. The van der Waals surface area contributed by atoms with Crippen LogP contribution in [0.15, 0.2) is 27.6 Å². The molecule has 0 aliphatic carbocycles. The Bertz CT molecular complexity index is 597. The highest BCUT2D eigenvalue weighted by atomic mass is 16.4. The number of rotatable bonds is 2. The second-order valence-electron chi connectivity index (χ2n) is 3.17. The predicted molar refractivity (Wildman–Crippen MR) is 54.3 cm³/mol. The third-order valence-electron chi connectivity index (χ3n) is 2.07. The van der Waals surface area contributed by atoms with Crippen LogP contribution in [0.3, 0.4) is 0 Å². The molecule has 0 fully saturated rings. The molecule has 6 heteroatoms. The van der Waals surface area contributed by atoms with Gasteiger partial charge in [-0.05, 0) is 13.0 Å². The average Bonchev–Trinajstić information content (AvgIpc) is 2.63. The second kappa shape index (κ2) is 3.65. The van der Waals surface area contributed by atoms with E-state index in [2.05, 4.69) is 9.97 Å². The van der Waals surface area contributed by atoms with Crippen LogP contribution in [0.5, 0.6) is 0 Å². The van der Waals surface area contributed by atoms with Crippen LogP contribution in [-0.2, 0) is 0 Å². The molecule has 0 spiro atoms. The normalized spacial score (nSPS) is 10.3. The SMILES string of the molecule is Cc1occc1-c1nc(C(=O)O)cc(=O)[nH]1. The highest BCUT2D eigenvalue weighted by Gasteiger charge is 2.12. The molecule has 0 saturated heterocycles. The summed E-state index contributed by atoms with van der Waals surface area (Å²) in [5, 5.41) is 8.76. The Labute approximate surface area is 89.6 Å². The van der Waals surface area contributed by atoms with Crippen LogP contribution in [0.1, 0.15) is 16.2 Å². The van der Waals surface area contributed by atoms with E-state index in [1.54, 1.807) is 13.0 Å². The van der Waals surface area contributed by atoms with E-state index in [-0.39, 0.29) is 11.5 Å². The summed E-state index contributed by atoms with van der Waals surface area (Å²) in [4.78, 5) is 28.2. The van der Waals surface area contributed by atoms with Crippen molar-refractivity contribution in [2.75, 3.05) is 0 Å². The number of carbonyl (C=O) groups is 1. The number of nitrogens with one attached hydrogen (secondary N) is 1. The molecule has 6 nitrogen and oxygen atoms in total. The Morgan fingerprint density at radius 2 is 2.31 bits per heavy atom. The van der Waals surface area contributed by atoms with E-state index in [0.29, 0.717) is 11.3 Å². The molecule has 2 aromatic rings. The van der Waals surface area contributed by atoms with Crippen LogP contribution in [0.25, 0.3) is 11.4 Å². The van der Waals surface area contributed by atoms with Crippen LogP contribution >= 0.6 is 0 Å². The number of carboxylic acids is 1. The van der Waals surface area contributed by atoms with E-state index >= 15 is 0 Å². The molecule has 0 saturated carbocycles. The third-order valence-corrected chi connectivity index (χ3v) is 2.07. The maximum absolute atomic E-state index is 11.2. The Balaban J connectivity index is 2.63. The zero-order valence-corrected chi connectivity index (χ0v) is 8.35. The fraction of sp³-hybridized carbons (Fsp3) is 0.100. The van der Waals surface area contributed by atoms with Gasteiger partial charge in [0.2, 0.25) is 0 Å². The lowest BCUT2D eigenvalue weighted by molar-refractivity contribution is 0.0690. The summed E-state index contributed by atoms with van der Waals surface area (Å²) >= 11 is 0. The van der Waals surface area contributed by atoms with Crippen molar-refractivity contribution in [3.05, 3.63) is 40.2 Å². The Kier molecular flexibility index (Phi) is 2.32.